The molecule has 0 unspecified atom stereocenters. The number of aromatic nitrogens is 1. The number of likely N-dealkylation sites (N-methyl/N-ethyl adjacent to an activating group) is 1. The fourth-order valence-corrected chi connectivity index (χ4v) is 4.32. The standard InChI is InChI=1S/C26H29ClN4O2/c1-18-16-23(30(3)24(18)25(32)20-6-8-21(27)9-7-20)17-19-4-10-22(11-5-19)28-26(33)31-14-12-29(2)13-15-31/h4-11,16H,12-15,17H2,1-3H3,(H,28,33). The number of ketones is 1. The summed E-state index contributed by atoms with van der Waals surface area (Å²) in [6, 6.07) is 16.9. The van der Waals surface area contributed by atoms with Gasteiger partial charge >= 0.3 is 6.03 Å². The van der Waals surface area contributed by atoms with Crippen LogP contribution in [0.5, 0.6) is 0 Å². The zero-order valence-corrected chi connectivity index (χ0v) is 20.0. The van der Waals surface area contributed by atoms with Gasteiger partial charge in [0, 0.05) is 61.6 Å². The predicted molar refractivity (Wildman–Crippen MR) is 132 cm³/mol. The van der Waals surface area contributed by atoms with Crippen molar-refractivity contribution in [1.82, 2.24) is 14.4 Å². The first-order valence-electron chi connectivity index (χ1n) is 11.1. The van der Waals surface area contributed by atoms with Crippen LogP contribution in [-0.2, 0) is 13.5 Å². The van der Waals surface area contributed by atoms with Gasteiger partial charge in [-0.3, -0.25) is 4.79 Å². The number of amides is 2. The molecule has 1 aromatic heterocycles. The first-order chi connectivity index (χ1) is 15.8. The summed E-state index contributed by atoms with van der Waals surface area (Å²) in [6.45, 7) is 5.23. The summed E-state index contributed by atoms with van der Waals surface area (Å²) in [5, 5.41) is 3.60. The first kappa shape index (κ1) is 23.1. The molecule has 1 fully saturated rings. The topological polar surface area (TPSA) is 57.6 Å². The molecule has 0 radical (unpaired) electrons. The lowest BCUT2D eigenvalue weighted by atomic mass is 10.1. The third-order valence-corrected chi connectivity index (χ3v) is 6.48. The van der Waals surface area contributed by atoms with Crippen LogP contribution < -0.4 is 5.32 Å². The number of halogens is 1. The molecule has 1 saturated heterocycles. The number of anilines is 1. The summed E-state index contributed by atoms with van der Waals surface area (Å²) in [5.74, 6) is -0.0140. The van der Waals surface area contributed by atoms with Crippen molar-refractivity contribution in [2.75, 3.05) is 38.5 Å². The van der Waals surface area contributed by atoms with Gasteiger partial charge in [0.1, 0.15) is 0 Å². The van der Waals surface area contributed by atoms with Crippen molar-refractivity contribution in [2.24, 2.45) is 7.05 Å². The molecule has 2 aromatic carbocycles. The Labute approximate surface area is 199 Å². The van der Waals surface area contributed by atoms with Crippen molar-refractivity contribution in [2.45, 2.75) is 13.3 Å². The van der Waals surface area contributed by atoms with Crippen LogP contribution in [-0.4, -0.2) is 59.4 Å². The number of hydrogen-bond acceptors (Lipinski definition) is 3. The Hall–Kier alpha value is -3.09. The van der Waals surface area contributed by atoms with Gasteiger partial charge < -0.3 is 19.7 Å². The highest BCUT2D eigenvalue weighted by Crippen LogP contribution is 2.22. The number of nitrogens with zero attached hydrogens (tertiary/aromatic N) is 3. The molecular weight excluding hydrogens is 436 g/mol. The van der Waals surface area contributed by atoms with Gasteiger partial charge in [0.2, 0.25) is 5.78 Å². The maximum absolute atomic E-state index is 13.1. The second-order valence-corrected chi connectivity index (χ2v) is 9.09. The largest absolute Gasteiger partial charge is 0.344 e. The van der Waals surface area contributed by atoms with E-state index < -0.39 is 0 Å². The van der Waals surface area contributed by atoms with Crippen molar-refractivity contribution < 1.29 is 9.59 Å². The van der Waals surface area contributed by atoms with Crippen LogP contribution in [0.1, 0.15) is 32.9 Å². The molecule has 0 aliphatic carbocycles. The summed E-state index contributed by atoms with van der Waals surface area (Å²) in [5.41, 5.74) is 5.20. The highest BCUT2D eigenvalue weighted by Gasteiger charge is 2.20. The van der Waals surface area contributed by atoms with E-state index >= 15 is 0 Å². The van der Waals surface area contributed by atoms with E-state index in [0.29, 0.717) is 22.7 Å². The van der Waals surface area contributed by atoms with Crippen LogP contribution >= 0.6 is 11.6 Å². The maximum atomic E-state index is 13.1. The first-order valence-corrected chi connectivity index (χ1v) is 11.5. The SMILES string of the molecule is Cc1cc(Cc2ccc(NC(=O)N3CCN(C)CC3)cc2)n(C)c1C(=O)c1ccc(Cl)cc1. The molecule has 2 amide bonds. The lowest BCUT2D eigenvalue weighted by Crippen LogP contribution is -2.48. The molecule has 0 spiro atoms. The molecule has 0 saturated carbocycles. The van der Waals surface area contributed by atoms with E-state index in [1.54, 1.807) is 24.3 Å². The Morgan fingerprint density at radius 1 is 0.939 bits per heavy atom. The minimum absolute atomic E-state index is 0.0140. The van der Waals surface area contributed by atoms with Crippen LogP contribution in [0.4, 0.5) is 10.5 Å². The number of hydrogen-bond donors (Lipinski definition) is 1. The molecule has 0 atom stereocenters. The quantitative estimate of drug-likeness (QED) is 0.562. The monoisotopic (exact) mass is 464 g/mol. The van der Waals surface area contributed by atoms with Crippen LogP contribution in [0.2, 0.25) is 5.02 Å². The third kappa shape index (κ3) is 5.29. The van der Waals surface area contributed by atoms with Gasteiger partial charge in [-0.05, 0) is 67.6 Å². The zero-order chi connectivity index (χ0) is 23.5. The van der Waals surface area contributed by atoms with E-state index in [-0.39, 0.29) is 11.8 Å². The van der Waals surface area contributed by atoms with E-state index in [2.05, 4.69) is 23.3 Å². The lowest BCUT2D eigenvalue weighted by molar-refractivity contribution is 0.103. The van der Waals surface area contributed by atoms with E-state index in [1.807, 2.05) is 47.7 Å². The molecular formula is C26H29ClN4O2. The summed E-state index contributed by atoms with van der Waals surface area (Å²) in [6.07, 6.45) is 0.692. The zero-order valence-electron chi connectivity index (χ0n) is 19.3. The molecule has 1 aliphatic heterocycles. The minimum Gasteiger partial charge on any atom is -0.344 e. The van der Waals surface area contributed by atoms with Crippen LogP contribution in [0.3, 0.4) is 0 Å². The highest BCUT2D eigenvalue weighted by atomic mass is 35.5. The Morgan fingerprint density at radius 3 is 2.21 bits per heavy atom. The van der Waals surface area contributed by atoms with Crippen LogP contribution in [0, 0.1) is 6.92 Å². The number of piperazine rings is 1. The van der Waals surface area contributed by atoms with E-state index in [4.69, 9.17) is 11.6 Å². The molecule has 3 aromatic rings. The van der Waals surface area contributed by atoms with Gasteiger partial charge in [-0.2, -0.15) is 0 Å². The predicted octanol–water partition coefficient (Wildman–Crippen LogP) is 4.59. The number of carbonyl (C=O) groups excluding carboxylic acids is 2. The molecule has 6 nitrogen and oxygen atoms in total. The highest BCUT2D eigenvalue weighted by molar-refractivity contribution is 6.30. The van der Waals surface area contributed by atoms with Crippen molar-refractivity contribution >= 4 is 29.1 Å². The normalized spacial score (nSPS) is 14.4. The molecule has 4 rings (SSSR count). The van der Waals surface area contributed by atoms with Crippen molar-refractivity contribution in [3.8, 4) is 0 Å². The summed E-state index contributed by atoms with van der Waals surface area (Å²) < 4.78 is 1.97. The molecule has 7 heteroatoms. The van der Waals surface area contributed by atoms with Crippen LogP contribution in [0.25, 0.3) is 0 Å². The smallest absolute Gasteiger partial charge is 0.321 e. The number of nitrogens with one attached hydrogen (secondary N) is 1. The van der Waals surface area contributed by atoms with E-state index in [0.717, 1.165) is 48.7 Å². The van der Waals surface area contributed by atoms with Gasteiger partial charge in [0.15, 0.2) is 0 Å². The number of urea groups is 1. The Balaban J connectivity index is 1.43. The van der Waals surface area contributed by atoms with Gasteiger partial charge in [-0.15, -0.1) is 0 Å². The molecule has 172 valence electrons. The second kappa shape index (κ2) is 9.81. The number of carbonyl (C=O) groups is 2. The van der Waals surface area contributed by atoms with Crippen LogP contribution in [0.15, 0.2) is 54.6 Å². The second-order valence-electron chi connectivity index (χ2n) is 8.66. The van der Waals surface area contributed by atoms with E-state index in [1.165, 1.54) is 0 Å². The molecule has 1 N–H and O–H groups in total. The third-order valence-electron chi connectivity index (χ3n) is 6.23. The van der Waals surface area contributed by atoms with Gasteiger partial charge in [-0.1, -0.05) is 23.7 Å². The Kier molecular flexibility index (Phi) is 6.86. The Morgan fingerprint density at radius 2 is 1.58 bits per heavy atom. The molecule has 0 bridgehead atoms. The summed E-state index contributed by atoms with van der Waals surface area (Å²) >= 11 is 5.96. The average Bonchev–Trinajstić information content (AvgIpc) is 3.08. The maximum Gasteiger partial charge on any atom is 0.321 e. The fourth-order valence-electron chi connectivity index (χ4n) is 4.19. The summed E-state index contributed by atoms with van der Waals surface area (Å²) in [7, 11) is 3.99. The van der Waals surface area contributed by atoms with E-state index in [9.17, 15) is 9.59 Å². The number of benzene rings is 2. The Bertz CT molecular complexity index is 1140. The fraction of sp³-hybridized carbons (Fsp3) is 0.308. The summed E-state index contributed by atoms with van der Waals surface area (Å²) in [4.78, 5) is 29.6. The molecule has 1 aliphatic rings. The van der Waals surface area contributed by atoms with Gasteiger partial charge in [-0.25, -0.2) is 4.79 Å². The van der Waals surface area contributed by atoms with Crippen molar-refractivity contribution in [3.63, 3.8) is 0 Å². The van der Waals surface area contributed by atoms with Crippen molar-refractivity contribution in [1.29, 1.82) is 0 Å². The number of rotatable bonds is 5. The number of aryl methyl sites for hydroxylation is 1. The van der Waals surface area contributed by atoms with Crippen molar-refractivity contribution in [3.05, 3.63) is 87.7 Å². The average molecular weight is 465 g/mol. The minimum atomic E-state index is -0.0562. The van der Waals surface area contributed by atoms with Gasteiger partial charge in [0.25, 0.3) is 0 Å². The lowest BCUT2D eigenvalue weighted by Gasteiger charge is -2.32. The molecule has 2 heterocycles. The van der Waals surface area contributed by atoms with Gasteiger partial charge in [0.05, 0.1) is 5.69 Å². The molecule has 33 heavy (non-hydrogen) atoms.